The fraction of sp³-hybridized carbons (Fsp3) is 0.273. The summed E-state index contributed by atoms with van der Waals surface area (Å²) in [6.07, 6.45) is 4.93. The Balaban J connectivity index is 0. The van der Waals surface area contributed by atoms with Crippen molar-refractivity contribution in [3.8, 4) is 0 Å². The van der Waals surface area contributed by atoms with E-state index in [2.05, 4.69) is 94.4 Å². The van der Waals surface area contributed by atoms with Gasteiger partial charge in [-0.05, 0) is 5.41 Å². The topological polar surface area (TPSA) is 0 Å². The molecule has 3 rings (SSSR count). The Hall–Kier alpha value is -0.279. The van der Waals surface area contributed by atoms with Crippen LogP contribution in [-0.2, 0) is 21.7 Å². The number of allylic oxidation sites excluding steroid dienone is 4. The largest absolute Gasteiger partial charge is 4.00 e. The molecule has 0 nitrogen and oxygen atoms in total. The molecule has 0 N–H and O–H groups in total. The van der Waals surface area contributed by atoms with Crippen molar-refractivity contribution >= 4 is 19.2 Å². The van der Waals surface area contributed by atoms with E-state index >= 15 is 0 Å². The van der Waals surface area contributed by atoms with Crippen molar-refractivity contribution in [2.45, 2.75) is 34.1 Å². The van der Waals surface area contributed by atoms with Crippen molar-refractivity contribution in [3.63, 3.8) is 0 Å². The maximum absolute atomic E-state index is 3.84. The van der Waals surface area contributed by atoms with E-state index in [1.54, 1.807) is 0 Å². The van der Waals surface area contributed by atoms with Crippen LogP contribution < -0.4 is 47.6 Å². The molecule has 0 unspecified atom stereocenters. The smallest absolute Gasteiger partial charge is 1.00 e. The Kier molecular flexibility index (Phi) is 13.2. The van der Waals surface area contributed by atoms with Crippen molar-refractivity contribution in [3.05, 3.63) is 83.1 Å². The molecule has 0 saturated heterocycles. The normalized spacial score (nSPS) is 13.0. The first-order valence-electron chi connectivity index (χ1n) is 8.39. The summed E-state index contributed by atoms with van der Waals surface area (Å²) in [7, 11) is -1.39. The minimum absolute atomic E-state index is 0. The van der Waals surface area contributed by atoms with E-state index in [0.29, 0.717) is 0 Å². The van der Waals surface area contributed by atoms with E-state index in [9.17, 15) is 0 Å². The molecule has 0 bridgehead atoms. The van der Waals surface area contributed by atoms with Gasteiger partial charge in [0, 0.05) is 0 Å². The molecule has 0 fully saturated rings. The molecule has 0 aliphatic heterocycles. The number of rotatable bonds is 3. The van der Waals surface area contributed by atoms with Gasteiger partial charge in [-0.3, -0.25) is 6.08 Å². The second-order valence-corrected chi connectivity index (χ2v) is 10.4. The minimum Gasteiger partial charge on any atom is -1.00 e. The number of hydrogen-bond donors (Lipinski definition) is 0. The summed E-state index contributed by atoms with van der Waals surface area (Å²) >= 11 is 0. The average molecular weight is 472 g/mol. The summed E-state index contributed by atoms with van der Waals surface area (Å²) in [5, 5.41) is 4.51. The molecule has 0 atom stereocenters. The molecular weight excluding hydrogens is 447 g/mol. The summed E-state index contributed by atoms with van der Waals surface area (Å²) < 4.78 is 0. The standard InChI is InChI=1S/C22H25Si.3ClH.Ti/c1-17-15-20(16-21(17)22(2,3)4)23(18-11-7-5-8-12-18)19-13-9-6-10-14-19;;;;/h5-14,23H,15H2,1-4H3;3*1H;/q-1;;;;+4/p-3. The molecule has 0 radical (unpaired) electrons. The van der Waals surface area contributed by atoms with Crippen molar-refractivity contribution < 1.29 is 58.9 Å². The molecular formula is C22H25Cl3SiTi. The van der Waals surface area contributed by atoms with Gasteiger partial charge in [0.2, 0.25) is 0 Å². The average Bonchev–Trinajstić information content (AvgIpc) is 2.91. The van der Waals surface area contributed by atoms with Gasteiger partial charge in [0.05, 0.1) is 0 Å². The van der Waals surface area contributed by atoms with Gasteiger partial charge in [0.15, 0.2) is 0 Å². The molecule has 1 aliphatic carbocycles. The Bertz CT molecular complexity index is 711. The van der Waals surface area contributed by atoms with Crippen molar-refractivity contribution in [2.75, 3.05) is 0 Å². The van der Waals surface area contributed by atoms with E-state index in [0.717, 1.165) is 6.42 Å². The molecule has 142 valence electrons. The first-order valence-corrected chi connectivity index (χ1v) is 10.1. The quantitative estimate of drug-likeness (QED) is 0.311. The fourth-order valence-electron chi connectivity index (χ4n) is 3.57. The van der Waals surface area contributed by atoms with Crippen LogP contribution in [0, 0.1) is 11.5 Å². The number of hydrogen-bond acceptors (Lipinski definition) is 0. The third-order valence-corrected chi connectivity index (χ3v) is 7.68. The van der Waals surface area contributed by atoms with Gasteiger partial charge >= 0.3 is 21.7 Å². The van der Waals surface area contributed by atoms with E-state index < -0.39 is 8.80 Å². The Morgan fingerprint density at radius 3 is 1.52 bits per heavy atom. The van der Waals surface area contributed by atoms with Gasteiger partial charge in [-0.1, -0.05) is 98.2 Å². The Morgan fingerprint density at radius 1 is 0.778 bits per heavy atom. The van der Waals surface area contributed by atoms with Crippen molar-refractivity contribution in [1.29, 1.82) is 0 Å². The third kappa shape index (κ3) is 6.92. The second-order valence-electron chi connectivity index (χ2n) is 7.49. The Morgan fingerprint density at radius 2 is 1.19 bits per heavy atom. The molecule has 5 heteroatoms. The predicted molar refractivity (Wildman–Crippen MR) is 103 cm³/mol. The van der Waals surface area contributed by atoms with E-state index in [1.165, 1.54) is 26.7 Å². The van der Waals surface area contributed by atoms with Gasteiger partial charge < -0.3 is 37.2 Å². The van der Waals surface area contributed by atoms with Crippen LogP contribution in [0.1, 0.15) is 34.1 Å². The number of halogens is 3. The van der Waals surface area contributed by atoms with Crippen LogP contribution >= 0.6 is 0 Å². The SMILES string of the molecule is CC1=C(C(C)(C)C)[C-]=C([SiH](c2ccccc2)c2ccccc2)C1.[Cl-].[Cl-].[Cl-].[Ti+4]. The first-order chi connectivity index (χ1) is 11.0. The molecule has 2 aromatic rings. The zero-order chi connectivity index (χ0) is 16.4. The van der Waals surface area contributed by atoms with E-state index in [1.807, 2.05) is 0 Å². The van der Waals surface area contributed by atoms with Crippen LogP contribution in [0.15, 0.2) is 77.0 Å². The first kappa shape index (κ1) is 28.9. The van der Waals surface area contributed by atoms with Crippen LogP contribution in [0.2, 0.25) is 0 Å². The van der Waals surface area contributed by atoms with Gasteiger partial charge in [-0.25, -0.2) is 11.1 Å². The molecule has 2 aromatic carbocycles. The molecule has 27 heavy (non-hydrogen) atoms. The van der Waals surface area contributed by atoms with Crippen LogP contribution in [0.25, 0.3) is 0 Å². The van der Waals surface area contributed by atoms with Crippen LogP contribution in [0.5, 0.6) is 0 Å². The molecule has 0 heterocycles. The van der Waals surface area contributed by atoms with Gasteiger partial charge in [-0.2, -0.15) is 5.20 Å². The summed E-state index contributed by atoms with van der Waals surface area (Å²) in [6, 6.07) is 22.1. The van der Waals surface area contributed by atoms with E-state index in [4.69, 9.17) is 0 Å². The van der Waals surface area contributed by atoms with Gasteiger partial charge in [0.25, 0.3) is 0 Å². The predicted octanol–water partition coefficient (Wildman–Crippen LogP) is -4.93. The maximum atomic E-state index is 3.84. The van der Waals surface area contributed by atoms with Crippen LogP contribution in [-0.4, -0.2) is 8.80 Å². The number of benzene rings is 2. The Labute approximate surface area is 199 Å². The zero-order valence-electron chi connectivity index (χ0n) is 16.2. The van der Waals surface area contributed by atoms with Crippen molar-refractivity contribution in [2.24, 2.45) is 5.41 Å². The van der Waals surface area contributed by atoms with Gasteiger partial charge in [-0.15, -0.1) is 6.92 Å². The molecule has 0 spiro atoms. The van der Waals surface area contributed by atoms with Crippen LogP contribution in [0.3, 0.4) is 0 Å². The molecule has 0 aromatic heterocycles. The molecule has 1 aliphatic rings. The summed E-state index contributed by atoms with van der Waals surface area (Å²) in [5.74, 6) is 0. The molecule has 0 amide bonds. The van der Waals surface area contributed by atoms with Crippen LogP contribution in [0.4, 0.5) is 0 Å². The van der Waals surface area contributed by atoms with Gasteiger partial charge in [0.1, 0.15) is 8.80 Å². The summed E-state index contributed by atoms with van der Waals surface area (Å²) in [6.45, 7) is 9.16. The third-order valence-electron chi connectivity index (χ3n) is 4.53. The summed E-state index contributed by atoms with van der Waals surface area (Å²) in [5.41, 5.74) is 3.09. The van der Waals surface area contributed by atoms with Crippen molar-refractivity contribution in [1.82, 2.24) is 0 Å². The summed E-state index contributed by atoms with van der Waals surface area (Å²) in [4.78, 5) is 0. The minimum atomic E-state index is -1.39. The zero-order valence-corrected chi connectivity index (χ0v) is 21.2. The maximum Gasteiger partial charge on any atom is 4.00 e. The van der Waals surface area contributed by atoms with E-state index in [-0.39, 0.29) is 64.4 Å². The molecule has 0 saturated carbocycles. The fourth-order valence-corrected chi connectivity index (χ4v) is 6.78. The monoisotopic (exact) mass is 470 g/mol. The second kappa shape index (κ2) is 12.3.